The van der Waals surface area contributed by atoms with Crippen LogP contribution in [-0.4, -0.2) is 60.4 Å². The van der Waals surface area contributed by atoms with Gasteiger partial charge in [-0.25, -0.2) is 0 Å². The van der Waals surface area contributed by atoms with Crippen LogP contribution in [0.5, 0.6) is 0 Å². The van der Waals surface area contributed by atoms with Gasteiger partial charge in [0.15, 0.2) is 0 Å². The van der Waals surface area contributed by atoms with Crippen molar-refractivity contribution in [3.05, 3.63) is 0 Å². The Balaban J connectivity index is 2.04. The summed E-state index contributed by atoms with van der Waals surface area (Å²) in [5, 5.41) is 8.91. The van der Waals surface area contributed by atoms with Crippen molar-refractivity contribution in [2.24, 2.45) is 5.92 Å². The lowest BCUT2D eigenvalue weighted by Crippen LogP contribution is -2.52. The molecule has 0 aliphatic carbocycles. The minimum atomic E-state index is -0.900. The second-order valence-electron chi connectivity index (χ2n) is 5.07. The van der Waals surface area contributed by atoms with Crippen molar-refractivity contribution in [3.63, 3.8) is 0 Å². The van der Waals surface area contributed by atoms with Crippen LogP contribution < -0.4 is 0 Å². The largest absolute Gasteiger partial charge is 0.481 e. The van der Waals surface area contributed by atoms with Crippen molar-refractivity contribution in [1.29, 1.82) is 0 Å². The molecule has 0 aromatic rings. The minimum absolute atomic E-state index is 0.0268. The van der Waals surface area contributed by atoms with E-state index in [4.69, 9.17) is 14.6 Å². The number of hydrogen-bond acceptors (Lipinski definition) is 4. The van der Waals surface area contributed by atoms with Gasteiger partial charge in [-0.1, -0.05) is 6.92 Å². The van der Waals surface area contributed by atoms with Gasteiger partial charge in [-0.2, -0.15) is 0 Å². The number of ether oxygens (including phenoxy) is 2. The Morgan fingerprint density at radius 1 is 1.37 bits per heavy atom. The van der Waals surface area contributed by atoms with E-state index in [2.05, 4.69) is 0 Å². The molecule has 3 atom stereocenters. The van der Waals surface area contributed by atoms with Crippen LogP contribution >= 0.6 is 0 Å². The molecule has 19 heavy (non-hydrogen) atoms. The number of morpholine rings is 1. The van der Waals surface area contributed by atoms with E-state index in [1.165, 1.54) is 0 Å². The van der Waals surface area contributed by atoms with Crippen molar-refractivity contribution in [3.8, 4) is 0 Å². The average molecular weight is 271 g/mol. The quantitative estimate of drug-likeness (QED) is 0.806. The van der Waals surface area contributed by atoms with Crippen LogP contribution in [0, 0.1) is 5.92 Å². The van der Waals surface area contributed by atoms with E-state index in [0.29, 0.717) is 26.4 Å². The number of carbonyl (C=O) groups is 2. The summed E-state index contributed by atoms with van der Waals surface area (Å²) in [5.74, 6) is -0.999. The SMILES string of the molecule is CCC1OCCC1C(=O)N1CCOCC1CC(=O)O. The summed E-state index contributed by atoms with van der Waals surface area (Å²) in [4.78, 5) is 25.1. The number of carboxylic acid groups (broad SMARTS) is 1. The Morgan fingerprint density at radius 3 is 2.84 bits per heavy atom. The van der Waals surface area contributed by atoms with E-state index >= 15 is 0 Å². The molecule has 0 aromatic carbocycles. The molecule has 2 saturated heterocycles. The number of rotatable bonds is 4. The van der Waals surface area contributed by atoms with E-state index in [1.54, 1.807) is 4.90 Å². The molecule has 6 heteroatoms. The zero-order chi connectivity index (χ0) is 13.8. The zero-order valence-electron chi connectivity index (χ0n) is 11.2. The predicted octanol–water partition coefficient (Wildman–Crippen LogP) is 0.504. The molecule has 0 bridgehead atoms. The van der Waals surface area contributed by atoms with Crippen LogP contribution in [0.3, 0.4) is 0 Å². The zero-order valence-corrected chi connectivity index (χ0v) is 11.2. The second-order valence-corrected chi connectivity index (χ2v) is 5.07. The van der Waals surface area contributed by atoms with Gasteiger partial charge >= 0.3 is 5.97 Å². The van der Waals surface area contributed by atoms with Crippen LogP contribution in [0.15, 0.2) is 0 Å². The Kier molecular flexibility index (Phi) is 4.76. The van der Waals surface area contributed by atoms with Gasteiger partial charge < -0.3 is 19.5 Å². The lowest BCUT2D eigenvalue weighted by atomic mass is 9.96. The minimum Gasteiger partial charge on any atom is -0.481 e. The van der Waals surface area contributed by atoms with Gasteiger partial charge in [0.1, 0.15) is 0 Å². The fourth-order valence-corrected chi connectivity index (χ4v) is 2.86. The number of aliphatic carboxylic acids is 1. The van der Waals surface area contributed by atoms with E-state index in [1.807, 2.05) is 6.92 Å². The van der Waals surface area contributed by atoms with Crippen molar-refractivity contribution >= 4 is 11.9 Å². The maximum atomic E-state index is 12.6. The number of amides is 1. The third kappa shape index (κ3) is 3.25. The predicted molar refractivity (Wildman–Crippen MR) is 66.7 cm³/mol. The van der Waals surface area contributed by atoms with Gasteiger partial charge in [0.2, 0.25) is 5.91 Å². The molecule has 0 saturated carbocycles. The summed E-state index contributed by atoms with van der Waals surface area (Å²) in [6.45, 7) is 3.88. The van der Waals surface area contributed by atoms with Gasteiger partial charge in [0, 0.05) is 13.2 Å². The summed E-state index contributed by atoms with van der Waals surface area (Å²) < 4.78 is 10.8. The highest BCUT2D eigenvalue weighted by Crippen LogP contribution is 2.27. The number of carboxylic acids is 1. The van der Waals surface area contributed by atoms with Gasteiger partial charge in [0.25, 0.3) is 0 Å². The first-order valence-electron chi connectivity index (χ1n) is 6.85. The van der Waals surface area contributed by atoms with E-state index < -0.39 is 5.97 Å². The number of nitrogens with zero attached hydrogens (tertiary/aromatic N) is 1. The first kappa shape index (κ1) is 14.3. The molecule has 2 aliphatic heterocycles. The molecule has 0 spiro atoms. The Bertz CT molecular complexity index is 346. The molecule has 0 aromatic heterocycles. The molecule has 1 N–H and O–H groups in total. The highest BCUT2D eigenvalue weighted by atomic mass is 16.5. The summed E-state index contributed by atoms with van der Waals surface area (Å²) in [5.41, 5.74) is 0. The van der Waals surface area contributed by atoms with E-state index in [9.17, 15) is 9.59 Å². The molecular formula is C13H21NO5. The van der Waals surface area contributed by atoms with Gasteiger partial charge in [-0.3, -0.25) is 9.59 Å². The molecule has 0 radical (unpaired) electrons. The van der Waals surface area contributed by atoms with E-state index in [0.717, 1.165) is 12.8 Å². The maximum Gasteiger partial charge on any atom is 0.305 e. The van der Waals surface area contributed by atoms with Crippen molar-refractivity contribution < 1.29 is 24.2 Å². The molecule has 3 unspecified atom stereocenters. The summed E-state index contributed by atoms with van der Waals surface area (Å²) in [7, 11) is 0. The van der Waals surface area contributed by atoms with Crippen molar-refractivity contribution in [2.45, 2.75) is 38.3 Å². The monoisotopic (exact) mass is 271 g/mol. The number of carbonyl (C=O) groups excluding carboxylic acids is 1. The van der Waals surface area contributed by atoms with Crippen LogP contribution in [0.2, 0.25) is 0 Å². The third-order valence-corrected chi connectivity index (χ3v) is 3.85. The fraction of sp³-hybridized carbons (Fsp3) is 0.846. The van der Waals surface area contributed by atoms with Crippen LogP contribution in [-0.2, 0) is 19.1 Å². The highest BCUT2D eigenvalue weighted by molar-refractivity contribution is 5.81. The summed E-state index contributed by atoms with van der Waals surface area (Å²) >= 11 is 0. The van der Waals surface area contributed by atoms with E-state index in [-0.39, 0.29) is 30.4 Å². The van der Waals surface area contributed by atoms with Crippen molar-refractivity contribution in [1.82, 2.24) is 4.90 Å². The van der Waals surface area contributed by atoms with Crippen LogP contribution in [0.1, 0.15) is 26.2 Å². The van der Waals surface area contributed by atoms with Gasteiger partial charge in [0.05, 0.1) is 37.7 Å². The third-order valence-electron chi connectivity index (χ3n) is 3.85. The first-order chi connectivity index (χ1) is 9.13. The second kappa shape index (κ2) is 6.34. The molecule has 2 fully saturated rings. The van der Waals surface area contributed by atoms with Gasteiger partial charge in [-0.05, 0) is 12.8 Å². The Hall–Kier alpha value is -1.14. The first-order valence-corrected chi connectivity index (χ1v) is 6.85. The smallest absolute Gasteiger partial charge is 0.305 e. The average Bonchev–Trinajstić information content (AvgIpc) is 2.86. The highest BCUT2D eigenvalue weighted by Gasteiger charge is 2.39. The van der Waals surface area contributed by atoms with Crippen molar-refractivity contribution in [2.75, 3.05) is 26.4 Å². The summed E-state index contributed by atoms with van der Waals surface area (Å²) in [6, 6.07) is -0.350. The lowest BCUT2D eigenvalue weighted by molar-refractivity contribution is -0.150. The molecule has 2 aliphatic rings. The Morgan fingerprint density at radius 2 is 2.16 bits per heavy atom. The lowest BCUT2D eigenvalue weighted by Gasteiger charge is -2.37. The normalized spacial score (nSPS) is 31.4. The summed E-state index contributed by atoms with van der Waals surface area (Å²) in [6.07, 6.45) is 1.45. The standard InChI is InChI=1S/C13H21NO5/c1-2-11-10(3-5-19-11)13(17)14-4-6-18-8-9(14)7-12(15)16/h9-11H,2-8H2,1H3,(H,15,16). The molecule has 2 rings (SSSR count). The van der Waals surface area contributed by atoms with Gasteiger partial charge in [-0.15, -0.1) is 0 Å². The fourth-order valence-electron chi connectivity index (χ4n) is 2.86. The molecule has 6 nitrogen and oxygen atoms in total. The van der Waals surface area contributed by atoms with Crippen LogP contribution in [0.4, 0.5) is 0 Å². The molecular weight excluding hydrogens is 250 g/mol. The molecule has 1 amide bonds. The molecule has 2 heterocycles. The molecule has 108 valence electrons. The Labute approximate surface area is 112 Å². The van der Waals surface area contributed by atoms with Crippen LogP contribution in [0.25, 0.3) is 0 Å². The topological polar surface area (TPSA) is 76.1 Å². The number of hydrogen-bond donors (Lipinski definition) is 1. The maximum absolute atomic E-state index is 12.6.